The molecule has 3 atom stereocenters. The lowest BCUT2D eigenvalue weighted by atomic mass is 9.94. The second-order valence-corrected chi connectivity index (χ2v) is 7.60. The minimum atomic E-state index is 0.0798. The van der Waals surface area contributed by atoms with E-state index in [1.54, 1.807) is 0 Å². The molecule has 126 valence electrons. The molecule has 0 aromatic carbocycles. The van der Waals surface area contributed by atoms with Crippen LogP contribution in [0.25, 0.3) is 0 Å². The molecule has 0 aliphatic carbocycles. The molecule has 0 bridgehead atoms. The lowest BCUT2D eigenvalue weighted by molar-refractivity contribution is -0.168. The fourth-order valence-corrected chi connectivity index (χ4v) is 3.03. The molecule has 3 unspecified atom stereocenters. The van der Waals surface area contributed by atoms with Crippen LogP contribution in [0.4, 0.5) is 0 Å². The van der Waals surface area contributed by atoms with Gasteiger partial charge in [-0.25, -0.2) is 0 Å². The Morgan fingerprint density at radius 3 is 2.19 bits per heavy atom. The van der Waals surface area contributed by atoms with Crippen molar-refractivity contribution in [2.24, 2.45) is 17.8 Å². The summed E-state index contributed by atoms with van der Waals surface area (Å²) in [7, 11) is 0. The van der Waals surface area contributed by atoms with Crippen molar-refractivity contribution in [1.29, 1.82) is 0 Å². The average Bonchev–Trinajstić information content (AvgIpc) is 2.46. The van der Waals surface area contributed by atoms with E-state index in [1.165, 1.54) is 51.4 Å². The van der Waals surface area contributed by atoms with E-state index >= 15 is 0 Å². The van der Waals surface area contributed by atoms with Crippen molar-refractivity contribution in [3.8, 4) is 0 Å². The van der Waals surface area contributed by atoms with Crippen molar-refractivity contribution < 1.29 is 9.47 Å². The fraction of sp³-hybridized carbons (Fsp3) is 1.00. The van der Waals surface area contributed by atoms with Gasteiger partial charge in [0.15, 0.2) is 6.29 Å². The standard InChI is InChI=1S/C19H38O2/c1-16(2)9-7-10-17(3)11-8-12-18(4)15-21-19-13-5-6-14-20-19/h16-19H,5-15H2,1-4H3. The van der Waals surface area contributed by atoms with Crippen molar-refractivity contribution >= 4 is 0 Å². The summed E-state index contributed by atoms with van der Waals surface area (Å²) in [5, 5.41) is 0. The van der Waals surface area contributed by atoms with Crippen molar-refractivity contribution in [3.63, 3.8) is 0 Å². The van der Waals surface area contributed by atoms with Crippen LogP contribution in [0.3, 0.4) is 0 Å². The molecule has 1 aliphatic heterocycles. The van der Waals surface area contributed by atoms with Crippen LogP contribution < -0.4 is 0 Å². The molecule has 2 nitrogen and oxygen atoms in total. The summed E-state index contributed by atoms with van der Waals surface area (Å²) in [4.78, 5) is 0. The Kier molecular flexibility index (Phi) is 10.4. The third-order valence-corrected chi connectivity index (χ3v) is 4.58. The Labute approximate surface area is 133 Å². The Morgan fingerprint density at radius 1 is 0.905 bits per heavy atom. The predicted molar refractivity (Wildman–Crippen MR) is 90.4 cm³/mol. The van der Waals surface area contributed by atoms with E-state index in [9.17, 15) is 0 Å². The molecular weight excluding hydrogens is 260 g/mol. The lowest BCUT2D eigenvalue weighted by Crippen LogP contribution is -2.24. The molecule has 21 heavy (non-hydrogen) atoms. The van der Waals surface area contributed by atoms with Gasteiger partial charge in [0.1, 0.15) is 0 Å². The normalized spacial score (nSPS) is 22.4. The minimum Gasteiger partial charge on any atom is -0.353 e. The van der Waals surface area contributed by atoms with E-state index in [4.69, 9.17) is 9.47 Å². The third kappa shape index (κ3) is 10.3. The van der Waals surface area contributed by atoms with Gasteiger partial charge in [-0.3, -0.25) is 0 Å². The van der Waals surface area contributed by atoms with E-state index in [-0.39, 0.29) is 6.29 Å². The van der Waals surface area contributed by atoms with Crippen molar-refractivity contribution in [2.45, 2.75) is 91.8 Å². The maximum atomic E-state index is 5.87. The largest absolute Gasteiger partial charge is 0.353 e. The second kappa shape index (κ2) is 11.5. The van der Waals surface area contributed by atoms with Gasteiger partial charge in [0.2, 0.25) is 0 Å². The van der Waals surface area contributed by atoms with Gasteiger partial charge in [-0.1, -0.05) is 59.8 Å². The SMILES string of the molecule is CC(C)CCCC(C)CCCC(C)COC1CCCCO1. The Hall–Kier alpha value is -0.0800. The Morgan fingerprint density at radius 2 is 1.57 bits per heavy atom. The summed E-state index contributed by atoms with van der Waals surface area (Å²) >= 11 is 0. The summed E-state index contributed by atoms with van der Waals surface area (Å²) in [6.45, 7) is 11.1. The zero-order valence-electron chi connectivity index (χ0n) is 14.9. The first-order valence-electron chi connectivity index (χ1n) is 9.31. The van der Waals surface area contributed by atoms with E-state index in [2.05, 4.69) is 27.7 Å². The molecule has 0 saturated carbocycles. The molecule has 0 amide bonds. The summed E-state index contributed by atoms with van der Waals surface area (Å²) < 4.78 is 11.5. The van der Waals surface area contributed by atoms with Gasteiger partial charge in [-0.15, -0.1) is 0 Å². The topological polar surface area (TPSA) is 18.5 Å². The maximum Gasteiger partial charge on any atom is 0.157 e. The van der Waals surface area contributed by atoms with Gasteiger partial charge < -0.3 is 9.47 Å². The monoisotopic (exact) mass is 298 g/mol. The number of rotatable bonds is 11. The predicted octanol–water partition coefficient (Wildman–Crippen LogP) is 5.80. The molecule has 0 spiro atoms. The molecule has 0 aromatic heterocycles. The van der Waals surface area contributed by atoms with Crippen LogP contribution in [0.2, 0.25) is 0 Å². The second-order valence-electron chi connectivity index (χ2n) is 7.60. The Bertz CT molecular complexity index is 234. The first kappa shape index (κ1) is 19.0. The van der Waals surface area contributed by atoms with Gasteiger partial charge >= 0.3 is 0 Å². The number of hydrogen-bond acceptors (Lipinski definition) is 2. The van der Waals surface area contributed by atoms with Gasteiger partial charge in [0, 0.05) is 6.61 Å². The van der Waals surface area contributed by atoms with E-state index in [0.717, 1.165) is 31.5 Å². The van der Waals surface area contributed by atoms with Crippen LogP contribution in [-0.4, -0.2) is 19.5 Å². The molecule has 1 saturated heterocycles. The van der Waals surface area contributed by atoms with Crippen LogP contribution >= 0.6 is 0 Å². The summed E-state index contributed by atoms with van der Waals surface area (Å²) in [6.07, 6.45) is 11.8. The van der Waals surface area contributed by atoms with E-state index in [1.807, 2.05) is 0 Å². The maximum absolute atomic E-state index is 5.87. The molecule has 0 N–H and O–H groups in total. The van der Waals surface area contributed by atoms with Gasteiger partial charge in [-0.05, 0) is 43.4 Å². The zero-order chi connectivity index (χ0) is 15.5. The highest BCUT2D eigenvalue weighted by Gasteiger charge is 2.15. The highest BCUT2D eigenvalue weighted by molar-refractivity contribution is 4.60. The van der Waals surface area contributed by atoms with E-state index in [0.29, 0.717) is 5.92 Å². The summed E-state index contributed by atoms with van der Waals surface area (Å²) in [5.74, 6) is 2.41. The molecule has 1 fully saturated rings. The average molecular weight is 299 g/mol. The smallest absolute Gasteiger partial charge is 0.157 e. The molecule has 0 aromatic rings. The molecule has 0 radical (unpaired) electrons. The van der Waals surface area contributed by atoms with Crippen molar-refractivity contribution in [3.05, 3.63) is 0 Å². The zero-order valence-corrected chi connectivity index (χ0v) is 14.9. The van der Waals surface area contributed by atoms with Crippen LogP contribution in [0, 0.1) is 17.8 Å². The summed E-state index contributed by atoms with van der Waals surface area (Å²) in [5.41, 5.74) is 0. The molecule has 1 rings (SSSR count). The molecular formula is C19H38O2. The van der Waals surface area contributed by atoms with Gasteiger partial charge in [0.25, 0.3) is 0 Å². The number of ether oxygens (including phenoxy) is 2. The first-order valence-corrected chi connectivity index (χ1v) is 9.31. The van der Waals surface area contributed by atoms with Crippen LogP contribution in [0.15, 0.2) is 0 Å². The molecule has 2 heteroatoms. The molecule has 1 aliphatic rings. The lowest BCUT2D eigenvalue weighted by Gasteiger charge is -2.24. The minimum absolute atomic E-state index is 0.0798. The highest BCUT2D eigenvalue weighted by atomic mass is 16.7. The molecule has 1 heterocycles. The number of hydrogen-bond donors (Lipinski definition) is 0. The van der Waals surface area contributed by atoms with Crippen molar-refractivity contribution in [2.75, 3.05) is 13.2 Å². The van der Waals surface area contributed by atoms with Gasteiger partial charge in [-0.2, -0.15) is 0 Å². The quantitative estimate of drug-likeness (QED) is 0.480. The van der Waals surface area contributed by atoms with Crippen LogP contribution in [0.1, 0.15) is 85.5 Å². The van der Waals surface area contributed by atoms with Gasteiger partial charge in [0.05, 0.1) is 6.61 Å². The Balaban J connectivity index is 1.95. The van der Waals surface area contributed by atoms with Crippen LogP contribution in [0.5, 0.6) is 0 Å². The van der Waals surface area contributed by atoms with E-state index < -0.39 is 0 Å². The highest BCUT2D eigenvalue weighted by Crippen LogP contribution is 2.20. The summed E-state index contributed by atoms with van der Waals surface area (Å²) in [6, 6.07) is 0. The first-order chi connectivity index (χ1) is 10.1. The van der Waals surface area contributed by atoms with Crippen LogP contribution in [-0.2, 0) is 9.47 Å². The fourth-order valence-electron chi connectivity index (χ4n) is 3.03. The van der Waals surface area contributed by atoms with Crippen molar-refractivity contribution in [1.82, 2.24) is 0 Å². The third-order valence-electron chi connectivity index (χ3n) is 4.58.